The van der Waals surface area contributed by atoms with Crippen molar-refractivity contribution in [2.75, 3.05) is 0 Å². The minimum atomic E-state index is -0.581. The van der Waals surface area contributed by atoms with Crippen molar-refractivity contribution < 1.29 is 9.72 Å². The summed E-state index contributed by atoms with van der Waals surface area (Å²) in [5.74, 6) is -0.0716. The van der Waals surface area contributed by atoms with E-state index in [1.807, 2.05) is 39.0 Å². The molecule has 3 aromatic rings. The van der Waals surface area contributed by atoms with Crippen molar-refractivity contribution in [3.8, 4) is 11.1 Å². The van der Waals surface area contributed by atoms with Gasteiger partial charge >= 0.3 is 0 Å². The molecule has 0 saturated heterocycles. The van der Waals surface area contributed by atoms with Crippen LogP contribution in [-0.2, 0) is 0 Å². The summed E-state index contributed by atoms with van der Waals surface area (Å²) >= 11 is 9.77. The van der Waals surface area contributed by atoms with Gasteiger partial charge in [-0.05, 0) is 24.3 Å². The van der Waals surface area contributed by atoms with Crippen LogP contribution in [0.15, 0.2) is 47.1 Å². The van der Waals surface area contributed by atoms with Crippen LogP contribution in [0.25, 0.3) is 22.0 Å². The van der Waals surface area contributed by atoms with Gasteiger partial charge in [-0.15, -0.1) is 0 Å². The summed E-state index contributed by atoms with van der Waals surface area (Å²) in [4.78, 5) is 23.6. The molecule has 0 amide bonds. The Kier molecular flexibility index (Phi) is 4.67. The maximum atomic E-state index is 12.9. The van der Waals surface area contributed by atoms with Gasteiger partial charge in [0, 0.05) is 49.8 Å². The van der Waals surface area contributed by atoms with Crippen molar-refractivity contribution >= 4 is 50.0 Å². The largest absolute Gasteiger partial charge is 0.286 e. The minimum absolute atomic E-state index is 0.0533. The van der Waals surface area contributed by atoms with Crippen LogP contribution < -0.4 is 0 Å². The van der Waals surface area contributed by atoms with Crippen LogP contribution >= 0.6 is 27.5 Å². The number of hydrogen-bond acceptors (Lipinski definition) is 3. The van der Waals surface area contributed by atoms with E-state index in [0.29, 0.717) is 16.1 Å². The molecule has 0 aliphatic rings. The highest BCUT2D eigenvalue weighted by Crippen LogP contribution is 2.38. The zero-order valence-electron chi connectivity index (χ0n) is 14.4. The number of carbonyl (C=O) groups is 1. The lowest BCUT2D eigenvalue weighted by Crippen LogP contribution is -2.25. The van der Waals surface area contributed by atoms with Crippen molar-refractivity contribution in [2.24, 2.45) is 5.41 Å². The topological polar surface area (TPSA) is 65.1 Å². The molecular formula is C19H16BrClN2O3. The van der Waals surface area contributed by atoms with Gasteiger partial charge in [-0.3, -0.25) is 19.5 Å². The second-order valence-corrected chi connectivity index (χ2v) is 8.37. The van der Waals surface area contributed by atoms with Crippen molar-refractivity contribution in [3.63, 3.8) is 0 Å². The molecule has 0 aliphatic heterocycles. The van der Waals surface area contributed by atoms with E-state index in [2.05, 4.69) is 15.9 Å². The smallest absolute Gasteiger partial charge is 0.270 e. The molecule has 0 fully saturated rings. The number of nitro benzene ring substituents is 1. The summed E-state index contributed by atoms with van der Waals surface area (Å²) in [6.45, 7) is 5.54. The first kappa shape index (κ1) is 18.6. The lowest BCUT2D eigenvalue weighted by molar-refractivity contribution is -0.384. The molecule has 3 rings (SSSR count). The van der Waals surface area contributed by atoms with Crippen LogP contribution in [0.4, 0.5) is 5.69 Å². The monoisotopic (exact) mass is 434 g/mol. The van der Waals surface area contributed by atoms with Gasteiger partial charge < -0.3 is 0 Å². The molecule has 0 unspecified atom stereocenters. The lowest BCUT2D eigenvalue weighted by Gasteiger charge is -2.17. The molecule has 0 bridgehead atoms. The van der Waals surface area contributed by atoms with Gasteiger partial charge in [0.1, 0.15) is 0 Å². The Morgan fingerprint density at radius 1 is 1.15 bits per heavy atom. The highest BCUT2D eigenvalue weighted by Gasteiger charge is 2.26. The lowest BCUT2D eigenvalue weighted by atomic mass is 9.95. The van der Waals surface area contributed by atoms with Crippen LogP contribution in [0.3, 0.4) is 0 Å². The predicted molar refractivity (Wildman–Crippen MR) is 107 cm³/mol. The van der Waals surface area contributed by atoms with E-state index in [1.165, 1.54) is 18.2 Å². The van der Waals surface area contributed by atoms with E-state index in [1.54, 1.807) is 10.8 Å². The second kappa shape index (κ2) is 6.52. The van der Waals surface area contributed by atoms with Gasteiger partial charge in [0.2, 0.25) is 5.91 Å². The standard InChI is InChI=1S/C19H16BrClN2O3/c1-19(2,3)18(24)22-10-15(14-8-11(20)4-7-17(14)22)13-9-12(23(25)26)5-6-16(13)21/h4-10H,1-3H3. The Hall–Kier alpha value is -2.18. The summed E-state index contributed by atoms with van der Waals surface area (Å²) in [5, 5.41) is 12.3. The minimum Gasteiger partial charge on any atom is -0.286 e. The maximum absolute atomic E-state index is 12.9. The van der Waals surface area contributed by atoms with Gasteiger partial charge in [-0.25, -0.2) is 0 Å². The second-order valence-electron chi connectivity index (χ2n) is 7.05. The third-order valence-electron chi connectivity index (χ3n) is 4.08. The van der Waals surface area contributed by atoms with Crippen LogP contribution in [0, 0.1) is 15.5 Å². The van der Waals surface area contributed by atoms with Gasteiger partial charge in [0.05, 0.1) is 10.4 Å². The number of halogens is 2. The van der Waals surface area contributed by atoms with E-state index in [4.69, 9.17) is 11.6 Å². The number of non-ortho nitro benzene ring substituents is 1. The number of carbonyl (C=O) groups excluding carboxylic acids is 1. The molecule has 5 nitrogen and oxygen atoms in total. The Morgan fingerprint density at radius 2 is 1.85 bits per heavy atom. The van der Waals surface area contributed by atoms with E-state index < -0.39 is 10.3 Å². The zero-order chi connectivity index (χ0) is 19.2. The number of nitro groups is 1. The van der Waals surface area contributed by atoms with E-state index in [-0.39, 0.29) is 11.6 Å². The third-order valence-corrected chi connectivity index (χ3v) is 4.90. The third kappa shape index (κ3) is 3.27. The van der Waals surface area contributed by atoms with Crippen molar-refractivity contribution in [1.82, 2.24) is 4.57 Å². The molecule has 2 aromatic carbocycles. The van der Waals surface area contributed by atoms with E-state index >= 15 is 0 Å². The van der Waals surface area contributed by atoms with Crippen molar-refractivity contribution in [3.05, 3.63) is 62.2 Å². The normalized spacial score (nSPS) is 11.7. The zero-order valence-corrected chi connectivity index (χ0v) is 16.8. The molecule has 0 radical (unpaired) electrons. The van der Waals surface area contributed by atoms with Crippen molar-refractivity contribution in [1.29, 1.82) is 0 Å². The van der Waals surface area contributed by atoms with E-state index in [0.717, 1.165) is 15.4 Å². The number of benzene rings is 2. The van der Waals surface area contributed by atoms with Gasteiger partial charge in [0.25, 0.3) is 5.69 Å². The summed E-state index contributed by atoms with van der Waals surface area (Å²) in [6.07, 6.45) is 1.70. The number of fused-ring (bicyclic) bond motifs is 1. The Bertz CT molecular complexity index is 1050. The summed E-state index contributed by atoms with van der Waals surface area (Å²) in [6, 6.07) is 9.88. The maximum Gasteiger partial charge on any atom is 0.270 e. The number of rotatable bonds is 2. The summed E-state index contributed by atoms with van der Waals surface area (Å²) in [7, 11) is 0. The Labute approximate surface area is 163 Å². The Morgan fingerprint density at radius 3 is 2.46 bits per heavy atom. The fraction of sp³-hybridized carbons (Fsp3) is 0.211. The van der Waals surface area contributed by atoms with Crippen molar-refractivity contribution in [2.45, 2.75) is 20.8 Å². The summed E-state index contributed by atoms with van der Waals surface area (Å²) < 4.78 is 2.43. The summed E-state index contributed by atoms with van der Waals surface area (Å²) in [5.41, 5.74) is 1.29. The van der Waals surface area contributed by atoms with Gasteiger partial charge in [-0.2, -0.15) is 0 Å². The SMILES string of the molecule is CC(C)(C)C(=O)n1cc(-c2cc([N+](=O)[O-])ccc2Cl)c2cc(Br)ccc21. The highest BCUT2D eigenvalue weighted by atomic mass is 79.9. The molecule has 1 heterocycles. The van der Waals surface area contributed by atoms with Crippen LogP contribution in [0.5, 0.6) is 0 Å². The molecule has 0 spiro atoms. The van der Waals surface area contributed by atoms with Crippen LogP contribution in [0.1, 0.15) is 25.6 Å². The molecule has 1 aromatic heterocycles. The van der Waals surface area contributed by atoms with E-state index in [9.17, 15) is 14.9 Å². The first-order chi connectivity index (χ1) is 12.1. The first-order valence-electron chi connectivity index (χ1n) is 7.89. The van der Waals surface area contributed by atoms with Crippen LogP contribution in [0.2, 0.25) is 5.02 Å². The number of aromatic nitrogens is 1. The molecule has 7 heteroatoms. The fourth-order valence-electron chi connectivity index (χ4n) is 2.78. The van der Waals surface area contributed by atoms with Gasteiger partial charge in [-0.1, -0.05) is 48.3 Å². The number of hydrogen-bond donors (Lipinski definition) is 0. The Balaban J connectivity index is 2.34. The molecule has 0 saturated carbocycles. The molecule has 0 N–H and O–H groups in total. The predicted octanol–water partition coefficient (Wildman–Crippen LogP) is 6.32. The molecule has 0 aliphatic carbocycles. The highest BCUT2D eigenvalue weighted by molar-refractivity contribution is 9.10. The molecule has 0 atom stereocenters. The molecular weight excluding hydrogens is 420 g/mol. The fourth-order valence-corrected chi connectivity index (χ4v) is 3.36. The average Bonchev–Trinajstić information content (AvgIpc) is 2.91. The average molecular weight is 436 g/mol. The quantitative estimate of drug-likeness (QED) is 0.349. The molecule has 26 heavy (non-hydrogen) atoms. The first-order valence-corrected chi connectivity index (χ1v) is 9.06. The van der Waals surface area contributed by atoms with Gasteiger partial charge in [0.15, 0.2) is 0 Å². The molecule has 134 valence electrons. The van der Waals surface area contributed by atoms with Crippen LogP contribution in [-0.4, -0.2) is 15.4 Å². The number of nitrogens with zero attached hydrogens (tertiary/aromatic N) is 2.